The summed E-state index contributed by atoms with van der Waals surface area (Å²) >= 11 is 0. The third-order valence-corrected chi connectivity index (χ3v) is 6.89. The molecule has 0 spiro atoms. The van der Waals surface area contributed by atoms with Gasteiger partial charge in [-0.2, -0.15) is 26.3 Å². The number of benzene rings is 2. The second kappa shape index (κ2) is 10.5. The Balaban J connectivity index is 1.75. The molecule has 3 aromatic rings. The van der Waals surface area contributed by atoms with Crippen LogP contribution < -0.4 is 15.5 Å². The van der Waals surface area contributed by atoms with Crippen molar-refractivity contribution in [2.45, 2.75) is 38.5 Å². The Hall–Kier alpha value is -3.60. The van der Waals surface area contributed by atoms with Crippen molar-refractivity contribution >= 4 is 17.4 Å². The average Bonchev–Trinajstić information content (AvgIpc) is 2.88. The van der Waals surface area contributed by atoms with Crippen LogP contribution in [0.4, 0.5) is 37.8 Å². The van der Waals surface area contributed by atoms with E-state index in [-0.39, 0.29) is 6.07 Å². The SMILES string of the molecule is Cc1ccccc1-c1cc(N2CCNCC2)ncc1NC(=O)C(C)(C)c1cc(C(F)(F)F)cc(C(F)(F)F)c1. The number of nitrogens with zero attached hydrogens (tertiary/aromatic N) is 2. The lowest BCUT2D eigenvalue weighted by atomic mass is 9.81. The highest BCUT2D eigenvalue weighted by atomic mass is 19.4. The van der Waals surface area contributed by atoms with Gasteiger partial charge in [0.05, 0.1) is 28.4 Å². The standard InChI is InChI=1S/C28H28F6N4O/c1-17-6-4-5-7-21(17)22-15-24(38-10-8-35-9-11-38)36-16-23(22)37-25(39)26(2,3)18-12-19(27(29,30)31)14-20(13-18)28(32,33)34/h4-7,12-16,35H,8-11H2,1-3H3,(H,37,39). The molecule has 4 rings (SSSR count). The molecule has 0 radical (unpaired) electrons. The van der Waals surface area contributed by atoms with Gasteiger partial charge in [-0.1, -0.05) is 24.3 Å². The molecule has 39 heavy (non-hydrogen) atoms. The second-order valence-corrected chi connectivity index (χ2v) is 10.0. The quantitative estimate of drug-likeness (QED) is 0.360. The molecule has 0 atom stereocenters. The molecule has 1 aliphatic heterocycles. The minimum absolute atomic E-state index is 0.0481. The lowest BCUT2D eigenvalue weighted by Crippen LogP contribution is -2.43. The Morgan fingerprint density at radius 1 is 0.872 bits per heavy atom. The number of nitrogens with one attached hydrogen (secondary N) is 2. The van der Waals surface area contributed by atoms with Crippen molar-refractivity contribution in [3.05, 3.63) is 77.0 Å². The molecule has 2 aromatic carbocycles. The number of piperazine rings is 1. The zero-order chi connectivity index (χ0) is 28.6. The molecule has 5 nitrogen and oxygen atoms in total. The fraction of sp³-hybridized carbons (Fsp3) is 0.357. The highest BCUT2D eigenvalue weighted by Crippen LogP contribution is 2.40. The topological polar surface area (TPSA) is 57.3 Å². The van der Waals surface area contributed by atoms with E-state index in [4.69, 9.17) is 0 Å². The molecule has 1 aliphatic rings. The number of aromatic nitrogens is 1. The summed E-state index contributed by atoms with van der Waals surface area (Å²) in [5, 5.41) is 6.00. The van der Waals surface area contributed by atoms with E-state index in [1.54, 1.807) is 0 Å². The van der Waals surface area contributed by atoms with Crippen LogP contribution in [0, 0.1) is 6.92 Å². The third-order valence-electron chi connectivity index (χ3n) is 6.89. The van der Waals surface area contributed by atoms with Crippen molar-refractivity contribution in [1.29, 1.82) is 0 Å². The minimum atomic E-state index is -5.02. The summed E-state index contributed by atoms with van der Waals surface area (Å²) in [4.78, 5) is 20.1. The van der Waals surface area contributed by atoms with Crippen molar-refractivity contribution < 1.29 is 31.1 Å². The van der Waals surface area contributed by atoms with Crippen LogP contribution >= 0.6 is 0 Å². The van der Waals surface area contributed by atoms with Crippen LogP contribution in [0.3, 0.4) is 0 Å². The van der Waals surface area contributed by atoms with Crippen molar-refractivity contribution in [3.8, 4) is 11.1 Å². The number of pyridine rings is 1. The zero-order valence-corrected chi connectivity index (χ0v) is 21.6. The van der Waals surface area contributed by atoms with Gasteiger partial charge in [0, 0.05) is 31.7 Å². The number of hydrogen-bond donors (Lipinski definition) is 2. The summed E-state index contributed by atoms with van der Waals surface area (Å²) in [6, 6.07) is 10.5. The van der Waals surface area contributed by atoms with Gasteiger partial charge >= 0.3 is 12.4 Å². The first-order valence-electron chi connectivity index (χ1n) is 12.3. The van der Waals surface area contributed by atoms with Gasteiger partial charge in [-0.25, -0.2) is 4.98 Å². The Morgan fingerprint density at radius 2 is 1.44 bits per heavy atom. The monoisotopic (exact) mass is 550 g/mol. The maximum atomic E-state index is 13.5. The molecule has 0 unspecified atom stereocenters. The molecule has 0 bridgehead atoms. The van der Waals surface area contributed by atoms with E-state index in [9.17, 15) is 31.1 Å². The normalized spacial score (nSPS) is 14.8. The van der Waals surface area contributed by atoms with E-state index in [0.29, 0.717) is 29.2 Å². The number of anilines is 2. The van der Waals surface area contributed by atoms with Gasteiger partial charge in [-0.05, 0) is 61.7 Å². The maximum absolute atomic E-state index is 13.5. The van der Waals surface area contributed by atoms with Crippen LogP contribution in [0.5, 0.6) is 0 Å². The zero-order valence-electron chi connectivity index (χ0n) is 21.6. The lowest BCUT2D eigenvalue weighted by molar-refractivity contribution is -0.143. The van der Waals surface area contributed by atoms with Crippen LogP contribution in [0.1, 0.15) is 36.1 Å². The number of alkyl halides is 6. The van der Waals surface area contributed by atoms with Crippen molar-refractivity contribution in [3.63, 3.8) is 0 Å². The molecular weight excluding hydrogens is 522 g/mol. The first kappa shape index (κ1) is 28.4. The number of amides is 1. The van der Waals surface area contributed by atoms with Crippen LogP contribution in [-0.4, -0.2) is 37.1 Å². The van der Waals surface area contributed by atoms with Gasteiger partial charge in [0.15, 0.2) is 0 Å². The first-order valence-corrected chi connectivity index (χ1v) is 12.3. The molecule has 2 heterocycles. The molecule has 208 valence electrons. The highest BCUT2D eigenvalue weighted by Gasteiger charge is 2.40. The molecule has 0 saturated carbocycles. The molecule has 1 aromatic heterocycles. The number of carbonyl (C=O) groups excluding carboxylic acids is 1. The van der Waals surface area contributed by atoms with E-state index in [1.807, 2.05) is 37.3 Å². The summed E-state index contributed by atoms with van der Waals surface area (Å²) < 4.78 is 80.7. The van der Waals surface area contributed by atoms with E-state index in [1.165, 1.54) is 20.0 Å². The average molecular weight is 551 g/mol. The van der Waals surface area contributed by atoms with Gasteiger partial charge in [-0.3, -0.25) is 4.79 Å². The number of hydrogen-bond acceptors (Lipinski definition) is 4. The summed E-state index contributed by atoms with van der Waals surface area (Å²) in [6.07, 6.45) is -8.57. The fourth-order valence-corrected chi connectivity index (χ4v) is 4.43. The van der Waals surface area contributed by atoms with E-state index >= 15 is 0 Å². The van der Waals surface area contributed by atoms with Gasteiger partial charge in [-0.15, -0.1) is 0 Å². The van der Waals surface area contributed by atoms with E-state index in [2.05, 4.69) is 20.5 Å². The van der Waals surface area contributed by atoms with Crippen LogP contribution in [0.15, 0.2) is 54.7 Å². The third kappa shape index (κ3) is 6.19. The Labute approximate surface area is 222 Å². The van der Waals surface area contributed by atoms with Crippen LogP contribution in [0.25, 0.3) is 11.1 Å². The van der Waals surface area contributed by atoms with Crippen molar-refractivity contribution in [2.24, 2.45) is 0 Å². The number of halogens is 6. The predicted molar refractivity (Wildman–Crippen MR) is 138 cm³/mol. The number of aryl methyl sites for hydroxylation is 1. The van der Waals surface area contributed by atoms with Gasteiger partial charge in [0.1, 0.15) is 5.82 Å². The predicted octanol–water partition coefficient (Wildman–Crippen LogP) is 6.42. The van der Waals surface area contributed by atoms with E-state index in [0.717, 1.165) is 37.3 Å². The van der Waals surface area contributed by atoms with Gasteiger partial charge in [0.2, 0.25) is 5.91 Å². The molecular formula is C28H28F6N4O. The smallest absolute Gasteiger partial charge is 0.354 e. The Bertz CT molecular complexity index is 1330. The molecule has 2 N–H and O–H groups in total. The molecule has 1 saturated heterocycles. The van der Waals surface area contributed by atoms with Crippen molar-refractivity contribution in [2.75, 3.05) is 36.4 Å². The Morgan fingerprint density at radius 3 is 2.00 bits per heavy atom. The number of carbonyl (C=O) groups is 1. The largest absolute Gasteiger partial charge is 0.416 e. The summed E-state index contributed by atoms with van der Waals surface area (Å²) in [6.45, 7) is 7.50. The van der Waals surface area contributed by atoms with Crippen LogP contribution in [0.2, 0.25) is 0 Å². The summed E-state index contributed by atoms with van der Waals surface area (Å²) in [7, 11) is 0. The lowest BCUT2D eigenvalue weighted by Gasteiger charge is -2.30. The van der Waals surface area contributed by atoms with E-state index < -0.39 is 40.4 Å². The summed E-state index contributed by atoms with van der Waals surface area (Å²) in [5.41, 5.74) is -2.46. The first-order chi connectivity index (χ1) is 18.2. The van der Waals surface area contributed by atoms with Crippen LogP contribution in [-0.2, 0) is 22.6 Å². The minimum Gasteiger partial charge on any atom is -0.354 e. The molecule has 0 aliphatic carbocycles. The number of rotatable bonds is 5. The molecule has 1 fully saturated rings. The van der Waals surface area contributed by atoms with Gasteiger partial charge in [0.25, 0.3) is 0 Å². The fourth-order valence-electron chi connectivity index (χ4n) is 4.43. The molecule has 1 amide bonds. The van der Waals surface area contributed by atoms with Crippen molar-refractivity contribution in [1.82, 2.24) is 10.3 Å². The maximum Gasteiger partial charge on any atom is 0.416 e. The summed E-state index contributed by atoms with van der Waals surface area (Å²) in [5.74, 6) is -0.0822. The second-order valence-electron chi connectivity index (χ2n) is 10.0. The molecule has 11 heteroatoms. The highest BCUT2D eigenvalue weighted by molar-refractivity contribution is 6.01. The van der Waals surface area contributed by atoms with Gasteiger partial charge < -0.3 is 15.5 Å². The Kier molecular flexibility index (Phi) is 7.66.